The SMILES string of the molecule is CC(=O)N[C@@H]1[C@@H](O)[C@H](O)[C@@H](CO)OC1(O)N=[N+]=[N-]. The van der Waals surface area contributed by atoms with E-state index in [9.17, 15) is 20.1 Å². The second kappa shape index (κ2) is 5.48. The van der Waals surface area contributed by atoms with Crippen molar-refractivity contribution in [2.24, 2.45) is 5.11 Å². The summed E-state index contributed by atoms with van der Waals surface area (Å²) in [6.45, 7) is 0.391. The van der Waals surface area contributed by atoms with Crippen molar-refractivity contribution in [1.82, 2.24) is 5.32 Å². The Labute approximate surface area is 101 Å². The van der Waals surface area contributed by atoms with Crippen LogP contribution in [0.3, 0.4) is 0 Å². The van der Waals surface area contributed by atoms with Gasteiger partial charge in [-0.2, -0.15) is 0 Å². The van der Waals surface area contributed by atoms with Gasteiger partial charge in [0.25, 0.3) is 5.91 Å². The van der Waals surface area contributed by atoms with Crippen LogP contribution in [0.4, 0.5) is 0 Å². The Balaban J connectivity index is 3.09. The average Bonchev–Trinajstić information content (AvgIpc) is 2.30. The van der Waals surface area contributed by atoms with E-state index in [0.717, 1.165) is 6.92 Å². The summed E-state index contributed by atoms with van der Waals surface area (Å²) >= 11 is 0. The molecular formula is C8H14N4O6. The first kappa shape index (κ1) is 14.6. The fourth-order valence-electron chi connectivity index (χ4n) is 1.70. The number of nitrogens with zero attached hydrogens (tertiary/aromatic N) is 3. The molecule has 0 radical (unpaired) electrons. The van der Waals surface area contributed by atoms with Crippen LogP contribution in [0.5, 0.6) is 0 Å². The number of hydrogen-bond acceptors (Lipinski definition) is 7. The van der Waals surface area contributed by atoms with Gasteiger partial charge >= 0.3 is 0 Å². The molecule has 0 spiro atoms. The van der Waals surface area contributed by atoms with Crippen LogP contribution in [0.15, 0.2) is 5.11 Å². The average molecular weight is 262 g/mol. The number of aliphatic hydroxyl groups is 4. The third kappa shape index (κ3) is 2.70. The molecule has 1 fully saturated rings. The summed E-state index contributed by atoms with van der Waals surface area (Å²) in [6.07, 6.45) is -4.57. The van der Waals surface area contributed by atoms with Crippen LogP contribution in [0.2, 0.25) is 0 Å². The molecule has 1 rings (SSSR count). The molecule has 5 N–H and O–H groups in total. The van der Waals surface area contributed by atoms with Gasteiger partial charge in [0.15, 0.2) is 0 Å². The Kier molecular flexibility index (Phi) is 4.46. The van der Waals surface area contributed by atoms with Gasteiger partial charge in [-0.05, 0) is 10.6 Å². The highest BCUT2D eigenvalue weighted by atomic mass is 16.7. The number of nitrogens with one attached hydrogen (secondary N) is 1. The van der Waals surface area contributed by atoms with E-state index in [1.165, 1.54) is 0 Å². The van der Waals surface area contributed by atoms with Crippen LogP contribution < -0.4 is 5.32 Å². The maximum absolute atomic E-state index is 11.0. The van der Waals surface area contributed by atoms with Crippen molar-refractivity contribution in [2.45, 2.75) is 37.2 Å². The highest BCUT2D eigenvalue weighted by Crippen LogP contribution is 2.29. The number of hydrogen-bond donors (Lipinski definition) is 5. The van der Waals surface area contributed by atoms with Gasteiger partial charge in [0, 0.05) is 11.8 Å². The Bertz CT molecular complexity index is 373. The van der Waals surface area contributed by atoms with Gasteiger partial charge < -0.3 is 30.5 Å². The molecular weight excluding hydrogens is 248 g/mol. The molecule has 1 aliphatic heterocycles. The monoisotopic (exact) mass is 262 g/mol. The summed E-state index contributed by atoms with van der Waals surface area (Å²) in [7, 11) is 0. The van der Waals surface area contributed by atoms with Gasteiger partial charge in [0.2, 0.25) is 5.91 Å². The minimum Gasteiger partial charge on any atom is -0.394 e. The van der Waals surface area contributed by atoms with E-state index < -0.39 is 42.8 Å². The molecule has 0 aromatic heterocycles. The Morgan fingerprint density at radius 2 is 2.17 bits per heavy atom. The number of carbonyl (C=O) groups is 1. The lowest BCUT2D eigenvalue weighted by atomic mass is 9.94. The van der Waals surface area contributed by atoms with Gasteiger partial charge in [-0.25, -0.2) is 0 Å². The van der Waals surface area contributed by atoms with Crippen molar-refractivity contribution in [1.29, 1.82) is 0 Å². The summed E-state index contributed by atoms with van der Waals surface area (Å²) in [5.41, 5.74) is 8.35. The van der Waals surface area contributed by atoms with Crippen molar-refractivity contribution in [2.75, 3.05) is 6.61 Å². The topological polar surface area (TPSA) is 168 Å². The van der Waals surface area contributed by atoms with Gasteiger partial charge in [0.05, 0.1) is 6.61 Å². The zero-order chi connectivity index (χ0) is 13.9. The molecule has 1 amide bonds. The van der Waals surface area contributed by atoms with E-state index in [-0.39, 0.29) is 0 Å². The van der Waals surface area contributed by atoms with E-state index in [4.69, 9.17) is 15.4 Å². The molecule has 0 bridgehead atoms. The zero-order valence-electron chi connectivity index (χ0n) is 9.46. The lowest BCUT2D eigenvalue weighted by molar-refractivity contribution is -0.315. The van der Waals surface area contributed by atoms with Crippen LogP contribution in [0, 0.1) is 0 Å². The highest BCUT2D eigenvalue weighted by molar-refractivity contribution is 5.73. The predicted molar refractivity (Wildman–Crippen MR) is 55.7 cm³/mol. The molecule has 1 saturated heterocycles. The van der Waals surface area contributed by atoms with E-state index in [0.29, 0.717) is 0 Å². The lowest BCUT2D eigenvalue weighted by Gasteiger charge is -2.45. The zero-order valence-corrected chi connectivity index (χ0v) is 9.46. The second-order valence-corrected chi connectivity index (χ2v) is 3.85. The van der Waals surface area contributed by atoms with Crippen LogP contribution in [-0.4, -0.2) is 63.2 Å². The third-order valence-corrected chi connectivity index (χ3v) is 2.53. The molecule has 10 heteroatoms. The molecule has 0 aromatic rings. The molecule has 0 saturated carbocycles. The van der Waals surface area contributed by atoms with E-state index in [1.54, 1.807) is 0 Å². The first-order valence-corrected chi connectivity index (χ1v) is 5.06. The standard InChI is InChI=1S/C8H14N4O6/c1-3(14)10-7-6(16)5(15)4(2-13)18-8(7,17)11-12-9/h4-7,13,15-17H,2H2,1H3,(H,10,14)/t4-,5-,6+,7-,8?/m1/s1. The number of azide groups is 1. The fraction of sp³-hybridized carbons (Fsp3) is 0.875. The Morgan fingerprint density at radius 1 is 1.56 bits per heavy atom. The normalized spacial score (nSPS) is 39.8. The Morgan fingerprint density at radius 3 is 2.61 bits per heavy atom. The molecule has 0 aliphatic carbocycles. The van der Waals surface area contributed by atoms with Crippen molar-refractivity contribution in [3.63, 3.8) is 0 Å². The first-order chi connectivity index (χ1) is 8.35. The van der Waals surface area contributed by atoms with E-state index in [1.807, 2.05) is 0 Å². The van der Waals surface area contributed by atoms with E-state index in [2.05, 4.69) is 15.3 Å². The number of aliphatic hydroxyl groups excluding tert-OH is 3. The van der Waals surface area contributed by atoms with Gasteiger partial charge in [-0.15, -0.1) is 0 Å². The molecule has 1 heterocycles. The summed E-state index contributed by atoms with van der Waals surface area (Å²) < 4.78 is 4.82. The maximum Gasteiger partial charge on any atom is 0.270 e. The smallest absolute Gasteiger partial charge is 0.270 e. The molecule has 1 aliphatic rings. The summed E-state index contributed by atoms with van der Waals surface area (Å²) in [4.78, 5) is 13.3. The predicted octanol–water partition coefficient (Wildman–Crippen LogP) is -2.44. The molecule has 1 unspecified atom stereocenters. The van der Waals surface area contributed by atoms with Gasteiger partial charge in [-0.1, -0.05) is 0 Å². The number of carbonyl (C=O) groups excluding carboxylic acids is 1. The van der Waals surface area contributed by atoms with Crippen molar-refractivity contribution >= 4 is 5.91 Å². The molecule has 10 nitrogen and oxygen atoms in total. The second-order valence-electron chi connectivity index (χ2n) is 3.85. The number of rotatable bonds is 3. The number of ether oxygens (including phenoxy) is 1. The highest BCUT2D eigenvalue weighted by Gasteiger charge is 2.53. The summed E-state index contributed by atoms with van der Waals surface area (Å²) in [5, 5.41) is 43.3. The van der Waals surface area contributed by atoms with Crippen molar-refractivity contribution in [3.05, 3.63) is 10.4 Å². The third-order valence-electron chi connectivity index (χ3n) is 2.53. The summed E-state index contributed by atoms with van der Waals surface area (Å²) in [5.74, 6) is -3.23. The Hall–Kier alpha value is -1.42. The van der Waals surface area contributed by atoms with Crippen LogP contribution in [-0.2, 0) is 9.53 Å². The minimum absolute atomic E-state index is 0.635. The van der Waals surface area contributed by atoms with E-state index >= 15 is 0 Å². The summed E-state index contributed by atoms with van der Waals surface area (Å²) in [6, 6.07) is -1.55. The lowest BCUT2D eigenvalue weighted by Crippen LogP contribution is -2.69. The van der Waals surface area contributed by atoms with Crippen molar-refractivity contribution in [3.8, 4) is 0 Å². The van der Waals surface area contributed by atoms with Crippen LogP contribution in [0.25, 0.3) is 10.4 Å². The molecule has 102 valence electrons. The largest absolute Gasteiger partial charge is 0.394 e. The fourth-order valence-corrected chi connectivity index (χ4v) is 1.70. The van der Waals surface area contributed by atoms with Crippen molar-refractivity contribution < 1.29 is 30.0 Å². The molecule has 18 heavy (non-hydrogen) atoms. The minimum atomic E-state index is -2.59. The maximum atomic E-state index is 11.0. The van der Waals surface area contributed by atoms with Crippen LogP contribution in [0.1, 0.15) is 6.92 Å². The number of amides is 1. The van der Waals surface area contributed by atoms with Gasteiger partial charge in [-0.3, -0.25) is 4.79 Å². The van der Waals surface area contributed by atoms with Gasteiger partial charge in [0.1, 0.15) is 24.4 Å². The van der Waals surface area contributed by atoms with Crippen LogP contribution >= 0.6 is 0 Å². The molecule has 0 aromatic carbocycles. The first-order valence-electron chi connectivity index (χ1n) is 5.06. The molecule has 5 atom stereocenters. The quantitative estimate of drug-likeness (QED) is 0.215.